The topological polar surface area (TPSA) is 9.86 Å². The van der Waals surface area contributed by atoms with E-state index in [4.69, 9.17) is 0 Å². The summed E-state index contributed by atoms with van der Waals surface area (Å²) in [6, 6.07) is 84.1. The average molecular weight is 817 g/mol. The molecule has 0 radical (unpaired) electrons. The standard InChI is InChI=1S/C62H44N2/c1-41-53(33-37-59-61(41)55-39-49(31-35-57(55)63(59)51-19-11-5-12-20-51)47-27-23-45(24-28-47)43-15-7-3-8-16-43)54-34-38-60-62(42(54)2)56-40-50(32-36-58(56)64(60)52-21-13-6-14-22-52)48-29-25-46(26-30-48)44-17-9-4-10-18-44/h3-40H,1-2H3. The number of para-hydroxylation sites is 2. The van der Waals surface area contributed by atoms with Crippen LogP contribution in [-0.2, 0) is 0 Å². The Labute approximate surface area is 373 Å². The normalized spacial score (nSPS) is 11.6. The summed E-state index contributed by atoms with van der Waals surface area (Å²) in [5.41, 5.74) is 21.9. The molecular weight excluding hydrogens is 773 g/mol. The van der Waals surface area contributed by atoms with E-state index in [9.17, 15) is 0 Å². The molecule has 0 atom stereocenters. The lowest BCUT2D eigenvalue weighted by molar-refractivity contribution is 1.18. The molecule has 0 unspecified atom stereocenters. The first-order valence-corrected chi connectivity index (χ1v) is 22.2. The summed E-state index contributed by atoms with van der Waals surface area (Å²) in [6.45, 7) is 4.64. The van der Waals surface area contributed by atoms with Crippen LogP contribution in [0.2, 0.25) is 0 Å². The third kappa shape index (κ3) is 6.18. The highest BCUT2D eigenvalue weighted by atomic mass is 15.0. The van der Waals surface area contributed by atoms with Crippen LogP contribution >= 0.6 is 0 Å². The number of aromatic nitrogens is 2. The maximum absolute atomic E-state index is 2.43. The van der Waals surface area contributed by atoms with Gasteiger partial charge in [0, 0.05) is 32.9 Å². The molecule has 2 heterocycles. The third-order valence-electron chi connectivity index (χ3n) is 13.4. The molecule has 0 aliphatic carbocycles. The maximum atomic E-state index is 2.43. The van der Waals surface area contributed by atoms with Crippen LogP contribution in [0, 0.1) is 13.8 Å². The molecule has 0 aliphatic rings. The number of rotatable bonds is 7. The van der Waals surface area contributed by atoms with Crippen LogP contribution in [0.25, 0.3) is 111 Å². The van der Waals surface area contributed by atoms with Crippen LogP contribution in [0.15, 0.2) is 231 Å². The zero-order valence-corrected chi connectivity index (χ0v) is 35.8. The summed E-state index contributed by atoms with van der Waals surface area (Å²) in [6.07, 6.45) is 0. The first-order valence-electron chi connectivity index (χ1n) is 22.2. The molecule has 0 spiro atoms. The van der Waals surface area contributed by atoms with E-state index >= 15 is 0 Å². The van der Waals surface area contributed by atoms with Crippen molar-refractivity contribution in [2.45, 2.75) is 13.8 Å². The maximum Gasteiger partial charge on any atom is 0.0544 e. The van der Waals surface area contributed by atoms with E-state index in [0.29, 0.717) is 0 Å². The highest BCUT2D eigenvalue weighted by Crippen LogP contribution is 2.44. The average Bonchev–Trinajstić information content (AvgIpc) is 3.89. The minimum absolute atomic E-state index is 1.16. The van der Waals surface area contributed by atoms with Gasteiger partial charge < -0.3 is 9.13 Å². The van der Waals surface area contributed by atoms with E-state index in [1.807, 2.05) is 0 Å². The zero-order valence-electron chi connectivity index (χ0n) is 35.8. The summed E-state index contributed by atoms with van der Waals surface area (Å²) in [7, 11) is 0. The van der Waals surface area contributed by atoms with Crippen molar-refractivity contribution in [1.82, 2.24) is 9.13 Å². The fraction of sp³-hybridized carbons (Fsp3) is 0.0323. The minimum atomic E-state index is 1.16. The predicted molar refractivity (Wildman–Crippen MR) is 272 cm³/mol. The first kappa shape index (κ1) is 37.6. The predicted octanol–water partition coefficient (Wildman–Crippen LogP) is 16.8. The van der Waals surface area contributed by atoms with Gasteiger partial charge in [-0.1, -0.05) is 170 Å². The Morgan fingerprint density at radius 2 is 0.531 bits per heavy atom. The van der Waals surface area contributed by atoms with Crippen LogP contribution in [-0.4, -0.2) is 9.13 Å². The van der Waals surface area contributed by atoms with Crippen LogP contribution < -0.4 is 0 Å². The van der Waals surface area contributed by atoms with Crippen LogP contribution in [0.5, 0.6) is 0 Å². The van der Waals surface area contributed by atoms with E-state index in [-0.39, 0.29) is 0 Å². The van der Waals surface area contributed by atoms with E-state index < -0.39 is 0 Å². The molecule has 10 aromatic carbocycles. The van der Waals surface area contributed by atoms with E-state index in [1.165, 1.54) is 110 Å². The molecule has 64 heavy (non-hydrogen) atoms. The highest BCUT2D eigenvalue weighted by molar-refractivity contribution is 6.16. The Kier molecular flexibility index (Phi) is 8.98. The number of hydrogen-bond acceptors (Lipinski definition) is 0. The molecular formula is C62H44N2. The summed E-state index contributed by atoms with van der Waals surface area (Å²) < 4.78 is 4.86. The molecule has 12 aromatic rings. The Bertz CT molecular complexity index is 3420. The van der Waals surface area contributed by atoms with Crippen LogP contribution in [0.3, 0.4) is 0 Å². The molecule has 0 bridgehead atoms. The summed E-state index contributed by atoms with van der Waals surface area (Å²) >= 11 is 0. The monoisotopic (exact) mass is 816 g/mol. The van der Waals surface area contributed by atoms with Gasteiger partial charge in [0.25, 0.3) is 0 Å². The van der Waals surface area contributed by atoms with E-state index in [0.717, 1.165) is 11.4 Å². The smallest absolute Gasteiger partial charge is 0.0544 e. The Balaban J connectivity index is 1.04. The van der Waals surface area contributed by atoms with Crippen molar-refractivity contribution in [3.63, 3.8) is 0 Å². The van der Waals surface area contributed by atoms with E-state index in [1.54, 1.807) is 0 Å². The van der Waals surface area contributed by atoms with Gasteiger partial charge in [0.05, 0.1) is 22.1 Å². The van der Waals surface area contributed by atoms with Crippen molar-refractivity contribution in [2.75, 3.05) is 0 Å². The second kappa shape index (κ2) is 15.3. The van der Waals surface area contributed by atoms with Crippen LogP contribution in [0.4, 0.5) is 0 Å². The number of benzene rings is 10. The second-order valence-electron chi connectivity index (χ2n) is 17.0. The Morgan fingerprint density at radius 3 is 0.891 bits per heavy atom. The van der Waals surface area contributed by atoms with Crippen molar-refractivity contribution in [3.05, 3.63) is 242 Å². The quantitative estimate of drug-likeness (QED) is 0.152. The summed E-state index contributed by atoms with van der Waals surface area (Å²) in [5, 5.41) is 5.08. The van der Waals surface area contributed by atoms with Crippen molar-refractivity contribution in [3.8, 4) is 67.0 Å². The molecule has 0 N–H and O–H groups in total. The van der Waals surface area contributed by atoms with Gasteiger partial charge >= 0.3 is 0 Å². The fourth-order valence-electron chi connectivity index (χ4n) is 10.2. The number of hydrogen-bond donors (Lipinski definition) is 0. The van der Waals surface area contributed by atoms with Crippen LogP contribution in [0.1, 0.15) is 11.1 Å². The molecule has 2 aromatic heterocycles. The number of nitrogens with zero attached hydrogens (tertiary/aromatic N) is 2. The number of aryl methyl sites for hydroxylation is 2. The van der Waals surface area contributed by atoms with Gasteiger partial charge in [-0.2, -0.15) is 0 Å². The van der Waals surface area contributed by atoms with Gasteiger partial charge in [0.2, 0.25) is 0 Å². The minimum Gasteiger partial charge on any atom is -0.309 e. The van der Waals surface area contributed by atoms with Gasteiger partial charge in [0.1, 0.15) is 0 Å². The van der Waals surface area contributed by atoms with Crippen molar-refractivity contribution in [2.24, 2.45) is 0 Å². The molecule has 12 rings (SSSR count). The van der Waals surface area contributed by atoms with Crippen molar-refractivity contribution >= 4 is 43.6 Å². The molecule has 0 fully saturated rings. The lowest BCUT2D eigenvalue weighted by Crippen LogP contribution is -1.95. The zero-order chi connectivity index (χ0) is 42.7. The van der Waals surface area contributed by atoms with Gasteiger partial charge in [-0.05, 0) is 141 Å². The molecule has 2 nitrogen and oxygen atoms in total. The molecule has 0 aliphatic heterocycles. The highest BCUT2D eigenvalue weighted by Gasteiger charge is 2.21. The lowest BCUT2D eigenvalue weighted by Gasteiger charge is -2.14. The summed E-state index contributed by atoms with van der Waals surface area (Å²) in [4.78, 5) is 0. The van der Waals surface area contributed by atoms with Gasteiger partial charge in [-0.25, -0.2) is 0 Å². The second-order valence-corrected chi connectivity index (χ2v) is 17.0. The number of fused-ring (bicyclic) bond motifs is 6. The molecule has 0 amide bonds. The first-order chi connectivity index (χ1) is 31.6. The molecule has 302 valence electrons. The summed E-state index contributed by atoms with van der Waals surface area (Å²) in [5.74, 6) is 0. The van der Waals surface area contributed by atoms with Gasteiger partial charge in [0.15, 0.2) is 0 Å². The van der Waals surface area contributed by atoms with Gasteiger partial charge in [-0.3, -0.25) is 0 Å². The Morgan fingerprint density at radius 1 is 0.250 bits per heavy atom. The Hall–Kier alpha value is -8.20. The molecule has 2 heteroatoms. The molecule has 0 saturated carbocycles. The van der Waals surface area contributed by atoms with Crippen molar-refractivity contribution in [1.29, 1.82) is 0 Å². The third-order valence-corrected chi connectivity index (χ3v) is 13.4. The van der Waals surface area contributed by atoms with Gasteiger partial charge in [-0.15, -0.1) is 0 Å². The largest absolute Gasteiger partial charge is 0.309 e. The van der Waals surface area contributed by atoms with Crippen molar-refractivity contribution < 1.29 is 0 Å². The fourth-order valence-corrected chi connectivity index (χ4v) is 10.2. The lowest BCUT2D eigenvalue weighted by atomic mass is 9.91. The molecule has 0 saturated heterocycles. The SMILES string of the molecule is Cc1c(-c2ccc3c(c2C)c2cc(-c4ccc(-c5ccccc5)cc4)ccc2n3-c2ccccc2)ccc2c1c1cc(-c3ccc(-c4ccccc4)cc3)ccc1n2-c1ccccc1. The van der Waals surface area contributed by atoms with E-state index in [2.05, 4.69) is 254 Å².